The van der Waals surface area contributed by atoms with Crippen LogP contribution in [0, 0.1) is 43.6 Å². The van der Waals surface area contributed by atoms with Crippen molar-refractivity contribution in [2.75, 3.05) is 0 Å². The summed E-state index contributed by atoms with van der Waals surface area (Å²) in [5.41, 5.74) is 8.72. The molecular weight excluding hydrogens is 496 g/mol. The van der Waals surface area contributed by atoms with E-state index in [0.717, 1.165) is 0 Å². The minimum atomic E-state index is -0.159. The third kappa shape index (κ3) is 8.25. The minimum absolute atomic E-state index is 0. The fraction of sp³-hybridized carbons (Fsp3) is 0.172. The molecule has 0 bridgehead atoms. The number of rotatable bonds is 1. The molecule has 4 aromatic rings. The van der Waals surface area contributed by atoms with E-state index in [2.05, 4.69) is 88.3 Å². The zero-order valence-electron chi connectivity index (χ0n) is 20.5. The zero-order chi connectivity index (χ0) is 19.9. The van der Waals surface area contributed by atoms with Gasteiger partial charge in [0.2, 0.25) is 0 Å². The standard InChI is InChI=1S/C19H17.C6H7.4CH3.2Si.Zr/c1-13-10-16-12-15-8-5-9-17(15)19(18(16)11-13)14-6-3-2-4-7-14;1-6-4-2-3-5-6;;;;;;;/h2-4,6-7,10-12H,5,8-9H2,1H3;2-5H,1H3;4*1H3;;;/q6*-1;;;. The second-order valence-corrected chi connectivity index (χ2v) is 13.8. The molecule has 0 saturated heterocycles. The van der Waals surface area contributed by atoms with Crippen molar-refractivity contribution in [1.29, 1.82) is 0 Å². The summed E-state index contributed by atoms with van der Waals surface area (Å²) in [6.07, 6.45) is 3.79. The van der Waals surface area contributed by atoms with Crippen LogP contribution >= 0.6 is 0 Å². The van der Waals surface area contributed by atoms with E-state index in [1.807, 2.05) is 12.1 Å². The molecule has 0 unspecified atom stereocenters. The van der Waals surface area contributed by atoms with Crippen LogP contribution in [-0.4, -0.2) is 13.8 Å². The molecule has 0 nitrogen and oxygen atoms in total. The maximum atomic E-state index is 3.27. The van der Waals surface area contributed by atoms with Gasteiger partial charge in [-0.1, -0.05) is 60.9 Å². The number of benzene rings is 2. The van der Waals surface area contributed by atoms with Gasteiger partial charge >= 0.3 is 34.2 Å². The van der Waals surface area contributed by atoms with Crippen LogP contribution in [0.3, 0.4) is 0 Å². The van der Waals surface area contributed by atoms with Crippen molar-refractivity contribution in [3.63, 3.8) is 0 Å². The van der Waals surface area contributed by atoms with Crippen LogP contribution in [0.25, 0.3) is 21.9 Å². The number of hydrogen-bond acceptors (Lipinski definition) is 0. The first-order chi connectivity index (χ1) is 13.6. The van der Waals surface area contributed by atoms with Crippen LogP contribution in [0.1, 0.15) is 28.7 Å². The van der Waals surface area contributed by atoms with Gasteiger partial charge in [0.25, 0.3) is 0 Å². The van der Waals surface area contributed by atoms with E-state index in [-0.39, 0.29) is 50.2 Å². The SMILES string of the molecule is Cc1cc2c(-c3ccccc3)c3c(cc2[cH-]1)CCC3.Cc1cc[cH-]c1.[CH3-].[CH3-].[CH3-].[CH3-].[Si]=[Zr]=[Si]. The summed E-state index contributed by atoms with van der Waals surface area (Å²) >= 11 is -0.159. The predicted molar refractivity (Wildman–Crippen MR) is 146 cm³/mol. The molecule has 4 radical (unpaired) electrons. The average molecular weight is 532 g/mol. The van der Waals surface area contributed by atoms with E-state index in [4.69, 9.17) is 0 Å². The van der Waals surface area contributed by atoms with Gasteiger partial charge in [-0.3, -0.25) is 0 Å². The fourth-order valence-corrected chi connectivity index (χ4v) is 3.98. The zero-order valence-corrected chi connectivity index (χ0v) is 25.0. The molecule has 0 amide bonds. The van der Waals surface area contributed by atoms with Crippen molar-refractivity contribution in [2.45, 2.75) is 33.1 Å². The fourth-order valence-electron chi connectivity index (χ4n) is 3.98. The third-order valence-corrected chi connectivity index (χ3v) is 5.12. The van der Waals surface area contributed by atoms with Crippen molar-refractivity contribution >= 4 is 24.5 Å². The van der Waals surface area contributed by atoms with Gasteiger partial charge in [-0.05, 0) is 24.8 Å². The van der Waals surface area contributed by atoms with Crippen LogP contribution in [0.5, 0.6) is 0 Å². The van der Waals surface area contributed by atoms with E-state index in [9.17, 15) is 0 Å². The van der Waals surface area contributed by atoms with Gasteiger partial charge in [0.05, 0.1) is 0 Å². The monoisotopic (exact) mass is 530 g/mol. The molecule has 0 saturated carbocycles. The molecule has 0 spiro atoms. The van der Waals surface area contributed by atoms with E-state index in [1.54, 1.807) is 11.1 Å². The van der Waals surface area contributed by atoms with Gasteiger partial charge in [0.1, 0.15) is 0 Å². The Morgan fingerprint density at radius 3 is 2.06 bits per heavy atom. The molecule has 0 aromatic heterocycles. The Hall–Kier alpha value is -1.28. The molecule has 0 aliphatic heterocycles. The van der Waals surface area contributed by atoms with Crippen molar-refractivity contribution < 1.29 is 20.5 Å². The normalized spacial score (nSPS) is 10.2. The van der Waals surface area contributed by atoms with Gasteiger partial charge in [0.15, 0.2) is 0 Å². The molecule has 32 heavy (non-hydrogen) atoms. The van der Waals surface area contributed by atoms with E-state index in [1.165, 1.54) is 52.3 Å². The molecule has 5 rings (SSSR count). The Labute approximate surface area is 212 Å². The molecular formula is C29H36Si2Zr-6. The van der Waals surface area contributed by atoms with Gasteiger partial charge in [0, 0.05) is 0 Å². The molecule has 0 fully saturated rings. The molecule has 0 N–H and O–H groups in total. The van der Waals surface area contributed by atoms with Gasteiger partial charge in [-0.15, -0.1) is 28.5 Å². The van der Waals surface area contributed by atoms with Crippen molar-refractivity contribution in [1.82, 2.24) is 0 Å². The number of aryl methyl sites for hydroxylation is 3. The van der Waals surface area contributed by atoms with Crippen molar-refractivity contribution in [3.05, 3.63) is 125 Å². The van der Waals surface area contributed by atoms with Crippen molar-refractivity contribution in [2.24, 2.45) is 0 Å². The quantitative estimate of drug-likeness (QED) is 0.174. The predicted octanol–water partition coefficient (Wildman–Crippen LogP) is 7.77. The second kappa shape index (κ2) is 16.3. The van der Waals surface area contributed by atoms with E-state index < -0.39 is 0 Å². The van der Waals surface area contributed by atoms with Crippen LogP contribution in [0.15, 0.2) is 72.8 Å². The Balaban J connectivity index is 0. The Bertz CT molecular complexity index is 1070. The van der Waals surface area contributed by atoms with E-state index in [0.29, 0.717) is 0 Å². The molecule has 0 heterocycles. The average Bonchev–Trinajstić information content (AvgIpc) is 3.42. The summed E-state index contributed by atoms with van der Waals surface area (Å²) < 4.78 is 0. The topological polar surface area (TPSA) is 0 Å². The second-order valence-electron chi connectivity index (χ2n) is 7.23. The van der Waals surface area contributed by atoms with Gasteiger partial charge in [-0.2, -0.15) is 24.3 Å². The number of fused-ring (bicyclic) bond motifs is 2. The van der Waals surface area contributed by atoms with Crippen molar-refractivity contribution in [3.8, 4) is 11.1 Å². The van der Waals surface area contributed by atoms with Crippen LogP contribution < -0.4 is 0 Å². The third-order valence-electron chi connectivity index (χ3n) is 5.12. The van der Waals surface area contributed by atoms with Crippen LogP contribution in [-0.2, 0) is 33.3 Å². The first-order valence-corrected chi connectivity index (χ1v) is 18.1. The molecule has 3 heteroatoms. The Morgan fingerprint density at radius 1 is 0.875 bits per heavy atom. The van der Waals surface area contributed by atoms with Gasteiger partial charge < -0.3 is 29.7 Å². The molecule has 1 aliphatic rings. The van der Waals surface area contributed by atoms with E-state index >= 15 is 0 Å². The summed E-state index contributed by atoms with van der Waals surface area (Å²) in [6.45, 7) is 10.8. The molecule has 4 aromatic carbocycles. The summed E-state index contributed by atoms with van der Waals surface area (Å²) in [5, 5.41) is 2.85. The molecule has 0 atom stereocenters. The molecule has 170 valence electrons. The van der Waals surface area contributed by atoms with Crippen LogP contribution in [0.2, 0.25) is 0 Å². The Kier molecular flexibility index (Phi) is 16.8. The first kappa shape index (κ1) is 32.9. The maximum absolute atomic E-state index is 3.27. The molecule has 1 aliphatic carbocycles. The number of hydrogen-bond donors (Lipinski definition) is 0. The van der Waals surface area contributed by atoms with Crippen LogP contribution in [0.4, 0.5) is 0 Å². The summed E-state index contributed by atoms with van der Waals surface area (Å²) in [6, 6.07) is 26.2. The van der Waals surface area contributed by atoms with Gasteiger partial charge in [-0.25, -0.2) is 11.6 Å². The summed E-state index contributed by atoms with van der Waals surface area (Å²) in [4.78, 5) is 0. The summed E-state index contributed by atoms with van der Waals surface area (Å²) in [5.74, 6) is 0. The first-order valence-electron chi connectivity index (χ1n) is 9.68. The Morgan fingerprint density at radius 2 is 1.53 bits per heavy atom. The summed E-state index contributed by atoms with van der Waals surface area (Å²) in [7, 11) is 0.